The van der Waals surface area contributed by atoms with Crippen molar-refractivity contribution in [3.05, 3.63) is 23.5 Å². The van der Waals surface area contributed by atoms with Crippen molar-refractivity contribution in [1.82, 2.24) is 15.0 Å². The van der Waals surface area contributed by atoms with Crippen LogP contribution in [0.3, 0.4) is 0 Å². The summed E-state index contributed by atoms with van der Waals surface area (Å²) in [5.74, 6) is -0.393. The van der Waals surface area contributed by atoms with Gasteiger partial charge in [0.1, 0.15) is 10.0 Å². The predicted molar refractivity (Wildman–Crippen MR) is 67.7 cm³/mol. The highest BCUT2D eigenvalue weighted by molar-refractivity contribution is 7.89. The molecule has 0 atom stereocenters. The average Bonchev–Trinajstić information content (AvgIpc) is 2.26. The Morgan fingerprint density at radius 2 is 2.11 bits per heavy atom. The van der Waals surface area contributed by atoms with Crippen molar-refractivity contribution in [2.45, 2.75) is 24.8 Å². The zero-order chi connectivity index (χ0) is 13.8. The number of hydrogen-bond acceptors (Lipinski definition) is 4. The largest absolute Gasteiger partial charge is 0.353 e. The van der Waals surface area contributed by atoms with Crippen LogP contribution >= 0.6 is 11.6 Å². The number of nitrogens with zero attached hydrogens (tertiary/aromatic N) is 1. The summed E-state index contributed by atoms with van der Waals surface area (Å²) in [6, 6.07) is 2.64. The zero-order valence-electron chi connectivity index (χ0n) is 9.97. The first-order valence-electron chi connectivity index (χ1n) is 5.22. The Morgan fingerprint density at radius 1 is 1.44 bits per heavy atom. The molecule has 100 valence electrons. The maximum Gasteiger partial charge on any atom is 0.242 e. The summed E-state index contributed by atoms with van der Waals surface area (Å²) in [4.78, 5) is 14.9. The molecular formula is C10H14ClN3O3S. The van der Waals surface area contributed by atoms with Gasteiger partial charge in [0.05, 0.1) is 6.54 Å². The van der Waals surface area contributed by atoms with E-state index in [1.807, 2.05) is 0 Å². The summed E-state index contributed by atoms with van der Waals surface area (Å²) in [6.45, 7) is 3.26. The second kappa shape index (κ2) is 6.12. The van der Waals surface area contributed by atoms with E-state index in [1.165, 1.54) is 12.1 Å². The molecule has 0 unspecified atom stereocenters. The van der Waals surface area contributed by atoms with Crippen LogP contribution in [0.5, 0.6) is 0 Å². The molecule has 0 aliphatic carbocycles. The minimum Gasteiger partial charge on any atom is -0.353 e. The van der Waals surface area contributed by atoms with E-state index in [2.05, 4.69) is 15.0 Å². The van der Waals surface area contributed by atoms with E-state index in [0.29, 0.717) is 0 Å². The van der Waals surface area contributed by atoms with Crippen molar-refractivity contribution in [2.75, 3.05) is 6.54 Å². The second-order valence-corrected chi connectivity index (χ2v) is 6.02. The minimum atomic E-state index is -3.74. The summed E-state index contributed by atoms with van der Waals surface area (Å²) >= 11 is 5.56. The summed E-state index contributed by atoms with van der Waals surface area (Å²) in [5.41, 5.74) is 0. The van der Waals surface area contributed by atoms with Gasteiger partial charge in [-0.3, -0.25) is 4.79 Å². The van der Waals surface area contributed by atoms with Gasteiger partial charge in [-0.1, -0.05) is 11.6 Å². The van der Waals surface area contributed by atoms with Crippen molar-refractivity contribution >= 4 is 27.5 Å². The fourth-order valence-corrected chi connectivity index (χ4v) is 2.18. The van der Waals surface area contributed by atoms with Crippen LogP contribution in [0.2, 0.25) is 5.15 Å². The van der Waals surface area contributed by atoms with Crippen molar-refractivity contribution < 1.29 is 13.2 Å². The van der Waals surface area contributed by atoms with Crippen LogP contribution < -0.4 is 10.0 Å². The molecule has 0 aliphatic rings. The van der Waals surface area contributed by atoms with Gasteiger partial charge in [0, 0.05) is 12.2 Å². The molecule has 0 aliphatic heterocycles. The molecule has 1 rings (SSSR count). The van der Waals surface area contributed by atoms with Crippen LogP contribution in [-0.2, 0) is 14.8 Å². The fourth-order valence-electron chi connectivity index (χ4n) is 1.14. The molecule has 0 saturated heterocycles. The van der Waals surface area contributed by atoms with E-state index >= 15 is 0 Å². The molecule has 0 spiro atoms. The molecule has 1 heterocycles. The van der Waals surface area contributed by atoms with Crippen LogP contribution in [0.1, 0.15) is 13.8 Å². The standard InChI is InChI=1S/C10H14ClN3O3S/c1-7(2)14-10(15)6-13-18(16,17)8-3-4-9(11)12-5-8/h3-5,7,13H,6H2,1-2H3,(H,14,15). The number of nitrogens with one attached hydrogen (secondary N) is 2. The predicted octanol–water partition coefficient (Wildman–Crippen LogP) is 0.538. The number of carbonyl (C=O) groups excluding carboxylic acids is 1. The molecule has 18 heavy (non-hydrogen) atoms. The highest BCUT2D eigenvalue weighted by atomic mass is 35.5. The number of pyridine rings is 1. The van der Waals surface area contributed by atoms with E-state index in [1.54, 1.807) is 13.8 Å². The molecule has 6 nitrogen and oxygen atoms in total. The smallest absolute Gasteiger partial charge is 0.242 e. The highest BCUT2D eigenvalue weighted by Crippen LogP contribution is 2.10. The first kappa shape index (κ1) is 14.9. The first-order chi connectivity index (χ1) is 8.31. The lowest BCUT2D eigenvalue weighted by atomic mass is 10.4. The Balaban J connectivity index is 2.66. The third-order valence-corrected chi connectivity index (χ3v) is 3.49. The Hall–Kier alpha value is -1.18. The molecule has 0 aromatic carbocycles. The number of amides is 1. The van der Waals surface area contributed by atoms with Gasteiger partial charge in [-0.2, -0.15) is 0 Å². The Labute approximate surface area is 111 Å². The maximum absolute atomic E-state index is 11.8. The lowest BCUT2D eigenvalue weighted by Gasteiger charge is -2.09. The quantitative estimate of drug-likeness (QED) is 0.775. The lowest BCUT2D eigenvalue weighted by molar-refractivity contribution is -0.120. The van der Waals surface area contributed by atoms with E-state index in [-0.39, 0.29) is 22.6 Å². The van der Waals surface area contributed by atoms with Gasteiger partial charge in [-0.15, -0.1) is 0 Å². The van der Waals surface area contributed by atoms with Gasteiger partial charge in [-0.05, 0) is 26.0 Å². The molecule has 8 heteroatoms. The molecule has 1 amide bonds. The first-order valence-corrected chi connectivity index (χ1v) is 7.08. The zero-order valence-corrected chi connectivity index (χ0v) is 11.5. The molecule has 0 saturated carbocycles. The van der Waals surface area contributed by atoms with Crippen molar-refractivity contribution in [3.63, 3.8) is 0 Å². The van der Waals surface area contributed by atoms with Crippen LogP contribution in [0.4, 0.5) is 0 Å². The number of hydrogen-bond donors (Lipinski definition) is 2. The monoisotopic (exact) mass is 291 g/mol. The SMILES string of the molecule is CC(C)NC(=O)CNS(=O)(=O)c1ccc(Cl)nc1. The second-order valence-electron chi connectivity index (χ2n) is 3.86. The summed E-state index contributed by atoms with van der Waals surface area (Å²) in [5, 5.41) is 2.77. The topological polar surface area (TPSA) is 88.2 Å². The van der Waals surface area contributed by atoms with Gasteiger partial charge in [0.25, 0.3) is 0 Å². The third kappa shape index (κ3) is 4.59. The van der Waals surface area contributed by atoms with Crippen molar-refractivity contribution in [1.29, 1.82) is 0 Å². The van der Waals surface area contributed by atoms with Crippen molar-refractivity contribution in [3.8, 4) is 0 Å². The van der Waals surface area contributed by atoms with Crippen LogP contribution in [-0.4, -0.2) is 31.9 Å². The number of sulfonamides is 1. The van der Waals surface area contributed by atoms with Gasteiger partial charge >= 0.3 is 0 Å². The Kier molecular flexibility index (Phi) is 5.06. The molecular weight excluding hydrogens is 278 g/mol. The van der Waals surface area contributed by atoms with Gasteiger partial charge in [0.15, 0.2) is 0 Å². The highest BCUT2D eigenvalue weighted by Gasteiger charge is 2.15. The lowest BCUT2D eigenvalue weighted by Crippen LogP contribution is -2.39. The fraction of sp³-hybridized carbons (Fsp3) is 0.400. The molecule has 2 N–H and O–H groups in total. The maximum atomic E-state index is 11.8. The normalized spacial score (nSPS) is 11.6. The molecule has 1 aromatic heterocycles. The van der Waals surface area contributed by atoms with E-state index < -0.39 is 15.9 Å². The van der Waals surface area contributed by atoms with Crippen LogP contribution in [0.25, 0.3) is 0 Å². The third-order valence-electron chi connectivity index (χ3n) is 1.88. The number of aromatic nitrogens is 1. The van der Waals surface area contributed by atoms with Crippen molar-refractivity contribution in [2.24, 2.45) is 0 Å². The minimum absolute atomic E-state index is 0.0377. The Morgan fingerprint density at radius 3 is 2.61 bits per heavy atom. The number of carbonyl (C=O) groups is 1. The Bertz CT molecular complexity index is 514. The number of halogens is 1. The van der Waals surface area contributed by atoms with E-state index in [9.17, 15) is 13.2 Å². The van der Waals surface area contributed by atoms with Gasteiger partial charge in [0.2, 0.25) is 15.9 Å². The van der Waals surface area contributed by atoms with Gasteiger partial charge < -0.3 is 5.32 Å². The summed E-state index contributed by atoms with van der Waals surface area (Å²) in [7, 11) is -3.74. The van der Waals surface area contributed by atoms with Gasteiger partial charge in [-0.25, -0.2) is 18.1 Å². The summed E-state index contributed by atoms with van der Waals surface area (Å²) in [6.07, 6.45) is 1.13. The average molecular weight is 292 g/mol. The molecule has 0 fully saturated rings. The summed E-state index contributed by atoms with van der Waals surface area (Å²) < 4.78 is 25.7. The molecule has 0 radical (unpaired) electrons. The molecule has 1 aromatic rings. The number of rotatable bonds is 5. The van der Waals surface area contributed by atoms with Crippen LogP contribution in [0.15, 0.2) is 23.2 Å². The molecule has 0 bridgehead atoms. The van der Waals surface area contributed by atoms with E-state index in [0.717, 1.165) is 6.20 Å². The van der Waals surface area contributed by atoms with Crippen LogP contribution in [0, 0.1) is 0 Å². The van der Waals surface area contributed by atoms with E-state index in [4.69, 9.17) is 11.6 Å².